The second-order valence-electron chi connectivity index (χ2n) is 11.0. The zero-order chi connectivity index (χ0) is 28.2. The topological polar surface area (TPSA) is 9.23 Å². The SMILES string of the molecule is CCCCCCCCC1(OCCCCC)C=CC(c2ccc(-c3ccc(-c4ccccc4)cc3)cc2)=C(F)C1F. The van der Waals surface area contributed by atoms with E-state index in [1.54, 1.807) is 12.2 Å². The van der Waals surface area contributed by atoms with Gasteiger partial charge in [0.2, 0.25) is 0 Å². The van der Waals surface area contributed by atoms with Gasteiger partial charge in [0.15, 0.2) is 6.17 Å². The number of allylic oxidation sites excluding steroid dienone is 2. The zero-order valence-electron chi connectivity index (χ0n) is 24.2. The molecular weight excluding hydrogens is 498 g/mol. The molecule has 0 aromatic heterocycles. The van der Waals surface area contributed by atoms with Crippen LogP contribution in [0.4, 0.5) is 8.78 Å². The number of benzene rings is 3. The van der Waals surface area contributed by atoms with Crippen LogP contribution in [-0.4, -0.2) is 18.4 Å². The van der Waals surface area contributed by atoms with Crippen molar-refractivity contribution < 1.29 is 13.5 Å². The van der Waals surface area contributed by atoms with Crippen molar-refractivity contribution in [1.82, 2.24) is 0 Å². The first-order valence-electron chi connectivity index (χ1n) is 15.2. The third-order valence-corrected chi connectivity index (χ3v) is 8.00. The van der Waals surface area contributed by atoms with Gasteiger partial charge in [0.05, 0.1) is 0 Å². The quantitative estimate of drug-likeness (QED) is 0.174. The fourth-order valence-corrected chi connectivity index (χ4v) is 5.50. The Kier molecular flexibility index (Phi) is 11.3. The highest BCUT2D eigenvalue weighted by Crippen LogP contribution is 2.41. The fourth-order valence-electron chi connectivity index (χ4n) is 5.50. The van der Waals surface area contributed by atoms with Gasteiger partial charge in [-0.15, -0.1) is 0 Å². The number of halogens is 2. The van der Waals surface area contributed by atoms with Crippen LogP contribution in [0.2, 0.25) is 0 Å². The summed E-state index contributed by atoms with van der Waals surface area (Å²) in [6.45, 7) is 4.78. The Morgan fingerprint density at radius 3 is 1.73 bits per heavy atom. The second-order valence-corrected chi connectivity index (χ2v) is 11.0. The minimum absolute atomic E-state index is 0.314. The molecule has 0 spiro atoms. The van der Waals surface area contributed by atoms with E-state index in [1.165, 1.54) is 24.8 Å². The standard InChI is InChI=1S/C37H44F2O/c1-3-5-7-8-9-13-26-37(40-28-14-6-4-2)27-25-34(35(38)36(37)39)33-23-21-32(22-24-33)31-19-17-30(18-20-31)29-15-11-10-12-16-29/h10-12,15-25,27,36H,3-9,13-14,26,28H2,1-2H3. The molecule has 4 rings (SSSR count). The Balaban J connectivity index is 1.46. The Labute approximate surface area is 240 Å². The highest BCUT2D eigenvalue weighted by Gasteiger charge is 2.44. The predicted octanol–water partition coefficient (Wildman–Crippen LogP) is 11.3. The van der Waals surface area contributed by atoms with Crippen LogP contribution in [0.5, 0.6) is 0 Å². The summed E-state index contributed by atoms with van der Waals surface area (Å²) in [5.41, 5.74) is 4.25. The van der Waals surface area contributed by atoms with Gasteiger partial charge in [-0.1, -0.05) is 150 Å². The highest BCUT2D eigenvalue weighted by atomic mass is 19.2. The third kappa shape index (κ3) is 7.57. The van der Waals surface area contributed by atoms with E-state index in [1.807, 2.05) is 42.5 Å². The van der Waals surface area contributed by atoms with Crippen molar-refractivity contribution >= 4 is 5.57 Å². The van der Waals surface area contributed by atoms with E-state index in [2.05, 4.69) is 50.2 Å². The van der Waals surface area contributed by atoms with E-state index in [0.717, 1.165) is 55.2 Å². The summed E-state index contributed by atoms with van der Waals surface area (Å²) in [6, 6.07) is 26.4. The molecule has 0 aliphatic heterocycles. The molecule has 3 aromatic carbocycles. The molecule has 212 valence electrons. The first kappa shape index (κ1) is 29.9. The van der Waals surface area contributed by atoms with E-state index in [0.29, 0.717) is 24.2 Å². The maximum Gasteiger partial charge on any atom is 0.184 e. The Bertz CT molecular complexity index is 1230. The molecule has 0 N–H and O–H groups in total. The molecule has 0 bridgehead atoms. The van der Waals surface area contributed by atoms with Crippen molar-refractivity contribution in [3.05, 3.63) is 102 Å². The summed E-state index contributed by atoms with van der Waals surface area (Å²) in [4.78, 5) is 0. The minimum atomic E-state index is -1.80. The van der Waals surface area contributed by atoms with Gasteiger partial charge in [-0.05, 0) is 46.7 Å². The molecule has 1 aliphatic carbocycles. The van der Waals surface area contributed by atoms with Crippen LogP contribution in [0.25, 0.3) is 27.8 Å². The van der Waals surface area contributed by atoms with Crippen molar-refractivity contribution in [3.63, 3.8) is 0 Å². The molecule has 3 heteroatoms. The van der Waals surface area contributed by atoms with Crippen LogP contribution in [0, 0.1) is 0 Å². The van der Waals surface area contributed by atoms with Gasteiger partial charge in [0, 0.05) is 12.2 Å². The van der Waals surface area contributed by atoms with Gasteiger partial charge in [-0.3, -0.25) is 0 Å². The van der Waals surface area contributed by atoms with Crippen molar-refractivity contribution in [2.75, 3.05) is 6.61 Å². The summed E-state index contributed by atoms with van der Waals surface area (Å²) in [5.74, 6) is -0.719. The summed E-state index contributed by atoms with van der Waals surface area (Å²) < 4.78 is 37.7. The third-order valence-electron chi connectivity index (χ3n) is 8.00. The first-order valence-corrected chi connectivity index (χ1v) is 15.2. The average Bonchev–Trinajstić information content (AvgIpc) is 3.00. The van der Waals surface area contributed by atoms with E-state index in [4.69, 9.17) is 4.74 Å². The Morgan fingerprint density at radius 2 is 1.12 bits per heavy atom. The number of hydrogen-bond donors (Lipinski definition) is 0. The minimum Gasteiger partial charge on any atom is -0.367 e. The van der Waals surface area contributed by atoms with Crippen LogP contribution in [0.15, 0.2) is 96.8 Å². The number of ether oxygens (including phenoxy) is 1. The number of alkyl halides is 1. The van der Waals surface area contributed by atoms with E-state index in [-0.39, 0.29) is 0 Å². The first-order chi connectivity index (χ1) is 19.6. The lowest BCUT2D eigenvalue weighted by atomic mass is 9.82. The van der Waals surface area contributed by atoms with Crippen LogP contribution >= 0.6 is 0 Å². The van der Waals surface area contributed by atoms with Gasteiger partial charge in [-0.2, -0.15) is 0 Å². The normalized spacial score (nSPS) is 18.9. The fraction of sp³-hybridized carbons (Fsp3) is 0.405. The van der Waals surface area contributed by atoms with E-state index in [9.17, 15) is 0 Å². The maximum atomic E-state index is 15.9. The molecule has 1 nitrogen and oxygen atoms in total. The van der Waals surface area contributed by atoms with Crippen LogP contribution < -0.4 is 0 Å². The highest BCUT2D eigenvalue weighted by molar-refractivity contribution is 5.80. The molecule has 2 atom stereocenters. The van der Waals surface area contributed by atoms with Gasteiger partial charge in [0.1, 0.15) is 11.4 Å². The molecule has 0 saturated carbocycles. The number of unbranched alkanes of at least 4 members (excludes halogenated alkanes) is 7. The summed E-state index contributed by atoms with van der Waals surface area (Å²) >= 11 is 0. The number of hydrogen-bond acceptors (Lipinski definition) is 1. The van der Waals surface area contributed by atoms with Crippen molar-refractivity contribution in [3.8, 4) is 22.3 Å². The summed E-state index contributed by atoms with van der Waals surface area (Å²) in [6.07, 6.45) is 11.8. The van der Waals surface area contributed by atoms with Crippen LogP contribution in [-0.2, 0) is 4.74 Å². The smallest absolute Gasteiger partial charge is 0.184 e. The largest absolute Gasteiger partial charge is 0.367 e. The molecule has 0 radical (unpaired) electrons. The molecule has 0 amide bonds. The molecule has 0 fully saturated rings. The van der Waals surface area contributed by atoms with Crippen LogP contribution in [0.3, 0.4) is 0 Å². The van der Waals surface area contributed by atoms with Crippen molar-refractivity contribution in [2.24, 2.45) is 0 Å². The molecule has 3 aromatic rings. The lowest BCUT2D eigenvalue weighted by molar-refractivity contribution is -0.0651. The maximum absolute atomic E-state index is 15.9. The lowest BCUT2D eigenvalue weighted by Crippen LogP contribution is -2.43. The van der Waals surface area contributed by atoms with Gasteiger partial charge in [0.25, 0.3) is 0 Å². The second kappa shape index (κ2) is 15.1. The lowest BCUT2D eigenvalue weighted by Gasteiger charge is -2.36. The molecule has 1 aliphatic rings. The zero-order valence-corrected chi connectivity index (χ0v) is 24.2. The van der Waals surface area contributed by atoms with Crippen molar-refractivity contribution in [1.29, 1.82) is 0 Å². The molecule has 40 heavy (non-hydrogen) atoms. The summed E-state index contributed by atoms with van der Waals surface area (Å²) in [5, 5.41) is 0. The van der Waals surface area contributed by atoms with Gasteiger partial charge < -0.3 is 4.74 Å². The molecule has 0 saturated heterocycles. The summed E-state index contributed by atoms with van der Waals surface area (Å²) in [7, 11) is 0. The van der Waals surface area contributed by atoms with E-state index >= 15 is 8.78 Å². The monoisotopic (exact) mass is 542 g/mol. The Hall–Kier alpha value is -3.04. The molecule has 0 heterocycles. The number of rotatable bonds is 15. The molecular formula is C37H44F2O. The predicted molar refractivity (Wildman–Crippen MR) is 166 cm³/mol. The van der Waals surface area contributed by atoms with Gasteiger partial charge in [-0.25, -0.2) is 8.78 Å². The van der Waals surface area contributed by atoms with Crippen molar-refractivity contribution in [2.45, 2.75) is 89.8 Å². The Morgan fingerprint density at radius 1 is 0.625 bits per heavy atom. The average molecular weight is 543 g/mol. The van der Waals surface area contributed by atoms with Gasteiger partial charge >= 0.3 is 0 Å². The molecule has 2 unspecified atom stereocenters. The van der Waals surface area contributed by atoms with Crippen LogP contribution in [0.1, 0.15) is 83.6 Å². The van der Waals surface area contributed by atoms with E-state index < -0.39 is 17.6 Å².